The van der Waals surface area contributed by atoms with Gasteiger partial charge in [0.25, 0.3) is 0 Å². The number of hydrogen-bond acceptors (Lipinski definition) is 7. The van der Waals surface area contributed by atoms with Crippen LogP contribution in [0.1, 0.15) is 11.0 Å². The molecule has 3 aromatic heterocycles. The fourth-order valence-electron chi connectivity index (χ4n) is 2.83. The zero-order valence-corrected chi connectivity index (χ0v) is 13.2. The molecular weight excluding hydrogens is 324 g/mol. The van der Waals surface area contributed by atoms with Gasteiger partial charge >= 0.3 is 0 Å². The van der Waals surface area contributed by atoms with E-state index in [2.05, 4.69) is 20.3 Å². The van der Waals surface area contributed by atoms with Gasteiger partial charge in [-0.2, -0.15) is 0 Å². The summed E-state index contributed by atoms with van der Waals surface area (Å²) in [7, 11) is 0. The van der Waals surface area contributed by atoms with E-state index in [-0.39, 0.29) is 6.17 Å². The molecule has 5 rings (SSSR count). The monoisotopic (exact) mass is 336 g/mol. The molecule has 1 aliphatic rings. The summed E-state index contributed by atoms with van der Waals surface area (Å²) in [5, 5.41) is 3.84. The van der Waals surface area contributed by atoms with Crippen molar-refractivity contribution in [3.63, 3.8) is 0 Å². The van der Waals surface area contributed by atoms with Crippen LogP contribution in [-0.2, 0) is 0 Å². The Labute approximate surface area is 140 Å². The molecule has 0 aliphatic carbocycles. The predicted octanol–water partition coefficient (Wildman–Crippen LogP) is 3.04. The molecule has 1 aliphatic heterocycles. The molecule has 1 aromatic carbocycles. The zero-order valence-electron chi connectivity index (χ0n) is 12.4. The van der Waals surface area contributed by atoms with Crippen LogP contribution in [0.4, 0.5) is 5.95 Å². The van der Waals surface area contributed by atoms with Gasteiger partial charge in [0.05, 0.1) is 22.2 Å². The molecule has 0 amide bonds. The van der Waals surface area contributed by atoms with Crippen LogP contribution in [0.15, 0.2) is 58.3 Å². The molecule has 4 heterocycles. The number of nitrogens with zero attached hydrogens (tertiary/aromatic N) is 4. The van der Waals surface area contributed by atoms with Crippen LogP contribution in [0.5, 0.6) is 0 Å². The van der Waals surface area contributed by atoms with Gasteiger partial charge in [-0.15, -0.1) is 11.3 Å². The van der Waals surface area contributed by atoms with E-state index < -0.39 is 0 Å². The number of aromatic nitrogens is 3. The topological polar surface area (TPSA) is 94.3 Å². The van der Waals surface area contributed by atoms with E-state index >= 15 is 0 Å². The zero-order chi connectivity index (χ0) is 16.1. The molecule has 24 heavy (non-hydrogen) atoms. The molecule has 3 N–H and O–H groups in total. The third-order valence-corrected chi connectivity index (χ3v) is 4.90. The summed E-state index contributed by atoms with van der Waals surface area (Å²) in [5.74, 6) is 1.77. The second-order valence-corrected chi connectivity index (χ2v) is 6.41. The van der Waals surface area contributed by atoms with Gasteiger partial charge in [-0.25, -0.2) is 15.0 Å². The molecule has 0 bridgehead atoms. The highest BCUT2D eigenvalue weighted by atomic mass is 32.1. The SMILES string of the molecule is NC1=N[C@@H](c2cnc(-c3ccco3)s2)n2c(nc3ccccc32)N1. The predicted molar refractivity (Wildman–Crippen MR) is 92.9 cm³/mol. The second-order valence-electron chi connectivity index (χ2n) is 5.35. The van der Waals surface area contributed by atoms with Crippen molar-refractivity contribution in [2.45, 2.75) is 6.17 Å². The van der Waals surface area contributed by atoms with Crippen LogP contribution in [0.3, 0.4) is 0 Å². The van der Waals surface area contributed by atoms with Crippen molar-refractivity contribution in [3.05, 3.63) is 53.7 Å². The number of anilines is 1. The van der Waals surface area contributed by atoms with Crippen molar-refractivity contribution in [1.82, 2.24) is 14.5 Å². The smallest absolute Gasteiger partial charge is 0.212 e. The van der Waals surface area contributed by atoms with Crippen LogP contribution in [-0.4, -0.2) is 20.5 Å². The number of fused-ring (bicyclic) bond motifs is 3. The number of hydrogen-bond donors (Lipinski definition) is 2. The number of imidazole rings is 1. The molecule has 0 saturated heterocycles. The van der Waals surface area contributed by atoms with Crippen molar-refractivity contribution in [3.8, 4) is 10.8 Å². The number of furan rings is 1. The summed E-state index contributed by atoms with van der Waals surface area (Å²) < 4.78 is 7.45. The lowest BCUT2D eigenvalue weighted by molar-refractivity contribution is 0.582. The quantitative estimate of drug-likeness (QED) is 0.587. The highest BCUT2D eigenvalue weighted by Crippen LogP contribution is 2.36. The van der Waals surface area contributed by atoms with E-state index in [1.807, 2.05) is 47.2 Å². The number of aliphatic imine (C=N–C) groups is 1. The minimum absolute atomic E-state index is 0.296. The van der Waals surface area contributed by atoms with Gasteiger partial charge < -0.3 is 10.2 Å². The Morgan fingerprint density at radius 2 is 2.12 bits per heavy atom. The maximum Gasteiger partial charge on any atom is 0.212 e. The maximum atomic E-state index is 5.95. The average molecular weight is 336 g/mol. The molecule has 118 valence electrons. The molecule has 0 fully saturated rings. The first kappa shape index (κ1) is 13.3. The van der Waals surface area contributed by atoms with Gasteiger partial charge in [0.1, 0.15) is 0 Å². The largest absolute Gasteiger partial charge is 0.462 e. The maximum absolute atomic E-state index is 5.95. The Hall–Kier alpha value is -3.13. The third-order valence-electron chi connectivity index (χ3n) is 3.85. The molecule has 0 radical (unpaired) electrons. The van der Waals surface area contributed by atoms with E-state index in [1.165, 1.54) is 11.3 Å². The van der Waals surface area contributed by atoms with Crippen molar-refractivity contribution in [2.75, 3.05) is 5.32 Å². The first-order chi connectivity index (χ1) is 11.8. The lowest BCUT2D eigenvalue weighted by Gasteiger charge is -2.22. The summed E-state index contributed by atoms with van der Waals surface area (Å²) >= 11 is 1.53. The number of nitrogens with two attached hydrogens (primary N) is 1. The fourth-order valence-corrected chi connectivity index (χ4v) is 3.74. The van der Waals surface area contributed by atoms with E-state index in [9.17, 15) is 0 Å². The van der Waals surface area contributed by atoms with Crippen molar-refractivity contribution >= 4 is 34.3 Å². The summed E-state index contributed by atoms with van der Waals surface area (Å²) in [4.78, 5) is 14.6. The van der Waals surface area contributed by atoms with Crippen LogP contribution < -0.4 is 11.1 Å². The minimum Gasteiger partial charge on any atom is -0.462 e. The van der Waals surface area contributed by atoms with Crippen molar-refractivity contribution in [1.29, 1.82) is 0 Å². The molecule has 0 unspecified atom stereocenters. The van der Waals surface area contributed by atoms with Gasteiger partial charge in [0, 0.05) is 6.20 Å². The Bertz CT molecular complexity index is 1060. The highest BCUT2D eigenvalue weighted by Gasteiger charge is 2.27. The van der Waals surface area contributed by atoms with Crippen LogP contribution in [0.2, 0.25) is 0 Å². The molecule has 0 saturated carbocycles. The molecule has 0 spiro atoms. The Kier molecular flexibility index (Phi) is 2.74. The summed E-state index contributed by atoms with van der Waals surface area (Å²) in [6, 6.07) is 11.7. The normalized spacial score (nSPS) is 16.7. The van der Waals surface area contributed by atoms with Gasteiger partial charge in [-0.3, -0.25) is 9.88 Å². The number of rotatable bonds is 2. The minimum atomic E-state index is -0.296. The van der Waals surface area contributed by atoms with Crippen LogP contribution in [0.25, 0.3) is 21.8 Å². The van der Waals surface area contributed by atoms with Gasteiger partial charge in [0.15, 0.2) is 22.9 Å². The number of guanidine groups is 1. The Balaban J connectivity index is 1.67. The van der Waals surface area contributed by atoms with Gasteiger partial charge in [-0.05, 0) is 24.3 Å². The van der Waals surface area contributed by atoms with E-state index in [1.54, 1.807) is 6.26 Å². The van der Waals surface area contributed by atoms with E-state index in [4.69, 9.17) is 10.2 Å². The van der Waals surface area contributed by atoms with E-state index in [0.717, 1.165) is 26.7 Å². The molecule has 1 atom stereocenters. The lowest BCUT2D eigenvalue weighted by Crippen LogP contribution is -2.31. The molecule has 4 aromatic rings. The van der Waals surface area contributed by atoms with Crippen LogP contribution in [0, 0.1) is 0 Å². The first-order valence-corrected chi connectivity index (χ1v) is 8.18. The van der Waals surface area contributed by atoms with Gasteiger partial charge in [-0.1, -0.05) is 12.1 Å². The summed E-state index contributed by atoms with van der Waals surface area (Å²) in [6.45, 7) is 0. The number of nitrogens with one attached hydrogen (secondary N) is 1. The van der Waals surface area contributed by atoms with Crippen molar-refractivity contribution < 1.29 is 4.42 Å². The average Bonchev–Trinajstić information content (AvgIpc) is 3.32. The van der Waals surface area contributed by atoms with Gasteiger partial charge in [0.2, 0.25) is 5.95 Å². The van der Waals surface area contributed by atoms with Crippen LogP contribution >= 0.6 is 11.3 Å². The van der Waals surface area contributed by atoms with Crippen molar-refractivity contribution in [2.24, 2.45) is 10.7 Å². The summed E-state index contributed by atoms with van der Waals surface area (Å²) in [5.41, 5.74) is 7.84. The molecular formula is C16H12N6OS. The standard InChI is InChI=1S/C16H12N6OS/c17-15-20-13(12-8-18-14(24-12)11-6-3-7-23-11)22-10-5-2-1-4-9(10)19-16(22)21-15/h1-8,13H,(H3,17,19,20,21)/t13-/m1/s1. The summed E-state index contributed by atoms with van der Waals surface area (Å²) in [6.07, 6.45) is 3.15. The Morgan fingerprint density at radius 3 is 3.00 bits per heavy atom. The molecule has 8 heteroatoms. The number of para-hydroxylation sites is 2. The number of benzene rings is 1. The lowest BCUT2D eigenvalue weighted by atomic mass is 10.3. The highest BCUT2D eigenvalue weighted by molar-refractivity contribution is 7.15. The third kappa shape index (κ3) is 1.93. The fraction of sp³-hybridized carbons (Fsp3) is 0.0625. The first-order valence-electron chi connectivity index (χ1n) is 7.36. The molecule has 7 nitrogen and oxygen atoms in total. The second kappa shape index (κ2) is 4.93. The number of thiazole rings is 1. The van der Waals surface area contributed by atoms with E-state index in [0.29, 0.717) is 11.9 Å². The Morgan fingerprint density at radius 1 is 1.21 bits per heavy atom.